The number of pyridine rings is 1. The van der Waals surface area contributed by atoms with Crippen LogP contribution in [0.15, 0.2) is 48.5 Å². The second-order valence-corrected chi connectivity index (χ2v) is 6.11. The first-order valence-electron chi connectivity index (χ1n) is 8.05. The Morgan fingerprint density at radius 2 is 2.00 bits per heavy atom. The van der Waals surface area contributed by atoms with Gasteiger partial charge in [-0.25, -0.2) is 0 Å². The van der Waals surface area contributed by atoms with Crippen LogP contribution in [0.25, 0.3) is 10.9 Å². The van der Waals surface area contributed by atoms with Gasteiger partial charge < -0.3 is 15.4 Å². The van der Waals surface area contributed by atoms with E-state index in [0.717, 1.165) is 12.0 Å². The molecule has 0 radical (unpaired) electrons. The van der Waals surface area contributed by atoms with Gasteiger partial charge in [0.15, 0.2) is 5.56 Å². The van der Waals surface area contributed by atoms with Crippen molar-refractivity contribution in [1.82, 2.24) is 4.98 Å². The molecule has 7 heteroatoms. The molecule has 0 aliphatic heterocycles. The minimum atomic E-state index is -0.657. The lowest BCUT2D eigenvalue weighted by atomic mass is 10.0. The number of halogens is 1. The number of para-hydroxylation sites is 1. The van der Waals surface area contributed by atoms with Crippen molar-refractivity contribution in [2.24, 2.45) is 0 Å². The van der Waals surface area contributed by atoms with Crippen LogP contribution in [0, 0.1) is 21.4 Å². The van der Waals surface area contributed by atoms with Gasteiger partial charge in [0.2, 0.25) is 5.52 Å². The number of aromatic nitrogens is 1. The van der Waals surface area contributed by atoms with E-state index in [4.69, 9.17) is 11.6 Å². The van der Waals surface area contributed by atoms with Crippen LogP contribution in [0.4, 0.5) is 11.5 Å². The van der Waals surface area contributed by atoms with Crippen LogP contribution < -0.4 is 5.32 Å². The average molecular weight is 367 g/mol. The molecule has 1 heterocycles. The molecule has 0 fully saturated rings. The highest BCUT2D eigenvalue weighted by Crippen LogP contribution is 2.37. The van der Waals surface area contributed by atoms with Crippen molar-refractivity contribution in [2.75, 3.05) is 5.32 Å². The number of fused-ring (bicyclic) bond motifs is 1. The van der Waals surface area contributed by atoms with Crippen LogP contribution in [0.3, 0.4) is 0 Å². The third-order valence-corrected chi connectivity index (χ3v) is 4.47. The van der Waals surface area contributed by atoms with E-state index in [2.05, 4.69) is 10.3 Å². The summed E-state index contributed by atoms with van der Waals surface area (Å²) in [6.07, 6.45) is 0.729. The Morgan fingerprint density at radius 3 is 2.62 bits per heavy atom. The highest BCUT2D eigenvalue weighted by Gasteiger charge is 2.26. The van der Waals surface area contributed by atoms with E-state index in [1.807, 2.05) is 43.3 Å². The van der Waals surface area contributed by atoms with Gasteiger partial charge in [-0.05, 0) is 34.0 Å². The van der Waals surface area contributed by atoms with Crippen LogP contribution in [-0.2, 0) is 0 Å². The fourth-order valence-corrected chi connectivity index (χ4v) is 3.12. The second kappa shape index (κ2) is 7.38. The first-order valence-corrected chi connectivity index (χ1v) is 8.42. The van der Waals surface area contributed by atoms with E-state index in [0.29, 0.717) is 21.6 Å². The van der Waals surface area contributed by atoms with Crippen molar-refractivity contribution in [3.8, 4) is 6.07 Å². The van der Waals surface area contributed by atoms with Gasteiger partial charge in [-0.3, -0.25) is 0 Å². The molecule has 3 aromatic rings. The Hall–Kier alpha value is -3.17. The molecular weight excluding hydrogens is 352 g/mol. The molecule has 1 N–H and O–H groups in total. The van der Waals surface area contributed by atoms with Gasteiger partial charge >= 0.3 is 5.82 Å². The van der Waals surface area contributed by atoms with Gasteiger partial charge in [-0.2, -0.15) is 5.26 Å². The Bertz CT molecular complexity index is 1020. The van der Waals surface area contributed by atoms with Gasteiger partial charge in [0, 0.05) is 0 Å². The summed E-state index contributed by atoms with van der Waals surface area (Å²) < 4.78 is 0. The minimum absolute atomic E-state index is 0.0980. The third kappa shape index (κ3) is 3.17. The van der Waals surface area contributed by atoms with Crippen molar-refractivity contribution < 1.29 is 4.92 Å². The van der Waals surface area contributed by atoms with Crippen molar-refractivity contribution >= 4 is 34.0 Å². The highest BCUT2D eigenvalue weighted by molar-refractivity contribution is 6.35. The third-order valence-electron chi connectivity index (χ3n) is 4.16. The molecule has 6 nitrogen and oxygen atoms in total. The van der Waals surface area contributed by atoms with Crippen LogP contribution in [-0.4, -0.2) is 9.91 Å². The van der Waals surface area contributed by atoms with Crippen LogP contribution in [0.5, 0.6) is 0 Å². The zero-order chi connectivity index (χ0) is 18.7. The molecule has 130 valence electrons. The van der Waals surface area contributed by atoms with Crippen molar-refractivity contribution in [3.05, 3.63) is 74.8 Å². The predicted molar refractivity (Wildman–Crippen MR) is 101 cm³/mol. The molecule has 2 aromatic carbocycles. The van der Waals surface area contributed by atoms with Crippen molar-refractivity contribution in [1.29, 1.82) is 5.26 Å². The number of anilines is 1. The number of rotatable bonds is 5. The highest BCUT2D eigenvalue weighted by atomic mass is 35.5. The van der Waals surface area contributed by atoms with Crippen LogP contribution in [0.2, 0.25) is 5.02 Å². The zero-order valence-electron chi connectivity index (χ0n) is 13.9. The molecule has 0 bridgehead atoms. The maximum Gasteiger partial charge on any atom is 0.384 e. The van der Waals surface area contributed by atoms with E-state index >= 15 is 0 Å². The summed E-state index contributed by atoms with van der Waals surface area (Å²) in [6, 6.07) is 16.6. The normalized spacial score (nSPS) is 11.7. The van der Waals surface area contributed by atoms with Gasteiger partial charge in [0.25, 0.3) is 0 Å². The second-order valence-electron chi connectivity index (χ2n) is 5.71. The molecule has 0 aliphatic rings. The molecule has 0 aliphatic carbocycles. The van der Waals surface area contributed by atoms with Crippen molar-refractivity contribution in [2.45, 2.75) is 19.4 Å². The number of benzene rings is 2. The SMILES string of the molecule is CC[C@@H](Nc1c(C#N)c([N+](=O)[O-])nc2c(Cl)cccc12)c1ccccc1. The Kier molecular flexibility index (Phi) is 5.01. The van der Waals surface area contributed by atoms with E-state index in [1.54, 1.807) is 18.2 Å². The smallest absolute Gasteiger partial charge is 0.376 e. The average Bonchev–Trinajstić information content (AvgIpc) is 2.66. The summed E-state index contributed by atoms with van der Waals surface area (Å²) in [6.45, 7) is 2.00. The summed E-state index contributed by atoms with van der Waals surface area (Å²) in [5.41, 5.74) is 1.60. The summed E-state index contributed by atoms with van der Waals surface area (Å²) in [4.78, 5) is 14.8. The van der Waals surface area contributed by atoms with Crippen LogP contribution >= 0.6 is 11.6 Å². The number of nitrogens with one attached hydrogen (secondary N) is 1. The lowest BCUT2D eigenvalue weighted by molar-refractivity contribution is -0.389. The molecule has 1 aromatic heterocycles. The monoisotopic (exact) mass is 366 g/mol. The lowest BCUT2D eigenvalue weighted by Crippen LogP contribution is -2.12. The zero-order valence-corrected chi connectivity index (χ0v) is 14.7. The molecular formula is C19H15ClN4O2. The summed E-state index contributed by atoms with van der Waals surface area (Å²) in [7, 11) is 0. The Labute approximate surface area is 155 Å². The molecule has 0 unspecified atom stereocenters. The summed E-state index contributed by atoms with van der Waals surface area (Å²) in [5.74, 6) is -0.501. The van der Waals surface area contributed by atoms with E-state index in [-0.39, 0.29) is 11.6 Å². The fourth-order valence-electron chi connectivity index (χ4n) is 2.91. The number of hydrogen-bond donors (Lipinski definition) is 1. The lowest BCUT2D eigenvalue weighted by Gasteiger charge is -2.20. The summed E-state index contributed by atoms with van der Waals surface area (Å²) >= 11 is 6.19. The fraction of sp³-hybridized carbons (Fsp3) is 0.158. The van der Waals surface area contributed by atoms with Crippen molar-refractivity contribution in [3.63, 3.8) is 0 Å². The number of nitro groups is 1. The van der Waals surface area contributed by atoms with Gasteiger partial charge in [-0.1, -0.05) is 54.9 Å². The minimum Gasteiger partial charge on any atom is -0.376 e. The molecule has 26 heavy (non-hydrogen) atoms. The number of nitriles is 1. The van der Waals surface area contributed by atoms with E-state index in [9.17, 15) is 15.4 Å². The molecule has 0 amide bonds. The molecule has 3 rings (SSSR count). The van der Waals surface area contributed by atoms with E-state index < -0.39 is 10.7 Å². The Balaban J connectivity index is 2.25. The van der Waals surface area contributed by atoms with Crippen LogP contribution in [0.1, 0.15) is 30.5 Å². The Morgan fingerprint density at radius 1 is 1.27 bits per heavy atom. The number of nitrogens with zero attached hydrogens (tertiary/aromatic N) is 3. The molecule has 1 atom stereocenters. The largest absolute Gasteiger partial charge is 0.384 e. The molecule has 0 spiro atoms. The van der Waals surface area contributed by atoms with Gasteiger partial charge in [0.05, 0.1) is 22.1 Å². The quantitative estimate of drug-likeness (QED) is 0.493. The van der Waals surface area contributed by atoms with Gasteiger partial charge in [0.1, 0.15) is 6.07 Å². The molecule has 0 saturated carbocycles. The predicted octanol–water partition coefficient (Wildman–Crippen LogP) is 5.23. The first kappa shape index (κ1) is 17.6. The summed E-state index contributed by atoms with van der Waals surface area (Å²) in [5, 5.41) is 25.2. The number of hydrogen-bond acceptors (Lipinski definition) is 5. The first-order chi connectivity index (χ1) is 12.6. The molecule has 0 saturated heterocycles. The van der Waals surface area contributed by atoms with E-state index in [1.165, 1.54) is 0 Å². The topological polar surface area (TPSA) is 91.8 Å². The standard InChI is InChI=1S/C19H15ClN4O2/c1-2-16(12-7-4-3-5-8-12)22-17-13-9-6-10-15(20)18(13)23-19(24(25)26)14(17)11-21/h3-10,16H,2H2,1H3,(H,22,23)/t16-/m1/s1. The maximum atomic E-state index is 11.4. The van der Waals surface area contributed by atoms with Gasteiger partial charge in [-0.15, -0.1) is 0 Å². The maximum absolute atomic E-state index is 11.4.